The van der Waals surface area contributed by atoms with Gasteiger partial charge in [0.25, 0.3) is 0 Å². The maximum atomic E-state index is 5.09. The van der Waals surface area contributed by atoms with E-state index in [9.17, 15) is 0 Å². The average molecular weight is 651 g/mol. The molecule has 0 saturated heterocycles. The molecule has 0 fully saturated rings. The molecule has 4 nitrogen and oxygen atoms in total. The Bertz CT molecular complexity index is 2840. The second-order valence-electron chi connectivity index (χ2n) is 12.8. The van der Waals surface area contributed by atoms with E-state index in [1.165, 1.54) is 43.7 Å². The van der Waals surface area contributed by atoms with Crippen molar-refractivity contribution in [2.24, 2.45) is 0 Å². The molecular formula is C47H30N4. The van der Waals surface area contributed by atoms with Crippen molar-refractivity contribution in [1.29, 1.82) is 0 Å². The quantitative estimate of drug-likeness (QED) is 0.186. The predicted molar refractivity (Wildman–Crippen MR) is 211 cm³/mol. The average Bonchev–Trinajstić information content (AvgIpc) is 3.55. The van der Waals surface area contributed by atoms with Crippen molar-refractivity contribution >= 4 is 43.4 Å². The standard InChI is InChI=1S/C47H30N4/c1-4-14-31(15-5-1)35-26-28-40-43(30-35)51(42-29-27-32-16-10-11-21-36(32)44(40)42)41-25-13-22-37-38(41)23-12-24-39(37)47-49-45(33-17-6-2-7-18-33)48-46(50-47)34-19-8-3-9-20-34/h1-30H. The van der Waals surface area contributed by atoms with Crippen LogP contribution < -0.4 is 0 Å². The van der Waals surface area contributed by atoms with E-state index in [2.05, 4.69) is 126 Å². The van der Waals surface area contributed by atoms with Crippen molar-refractivity contribution in [2.75, 3.05) is 0 Å². The van der Waals surface area contributed by atoms with Gasteiger partial charge in [0.1, 0.15) is 0 Å². The molecule has 0 bridgehead atoms. The van der Waals surface area contributed by atoms with E-state index in [1.54, 1.807) is 0 Å². The van der Waals surface area contributed by atoms with Gasteiger partial charge in [0, 0.05) is 32.8 Å². The van der Waals surface area contributed by atoms with E-state index >= 15 is 0 Å². The Balaban J connectivity index is 1.25. The first-order valence-corrected chi connectivity index (χ1v) is 17.2. The zero-order valence-electron chi connectivity index (χ0n) is 27.6. The fraction of sp³-hybridized carbons (Fsp3) is 0. The number of rotatable bonds is 5. The summed E-state index contributed by atoms with van der Waals surface area (Å²) in [5.74, 6) is 1.94. The molecule has 0 N–H and O–H groups in total. The van der Waals surface area contributed by atoms with Gasteiger partial charge in [-0.3, -0.25) is 0 Å². The van der Waals surface area contributed by atoms with Gasteiger partial charge < -0.3 is 4.57 Å². The molecule has 0 aliphatic heterocycles. The number of nitrogens with zero attached hydrogens (tertiary/aromatic N) is 4. The van der Waals surface area contributed by atoms with Crippen molar-refractivity contribution in [3.63, 3.8) is 0 Å². The molecule has 0 amide bonds. The lowest BCUT2D eigenvalue weighted by Gasteiger charge is -2.15. The summed E-state index contributed by atoms with van der Waals surface area (Å²) < 4.78 is 2.44. The zero-order valence-corrected chi connectivity index (χ0v) is 27.6. The molecule has 0 atom stereocenters. The SMILES string of the molecule is c1ccc(-c2ccc3c4c5ccccc5ccc4n(-c4cccc5c(-c6nc(-c7ccccc7)nc(-c7ccccc7)n6)cccc45)c3c2)cc1. The molecule has 0 aliphatic rings. The highest BCUT2D eigenvalue weighted by atomic mass is 15.0. The monoisotopic (exact) mass is 650 g/mol. The first kappa shape index (κ1) is 29.0. The third kappa shape index (κ3) is 4.88. The van der Waals surface area contributed by atoms with Crippen LogP contribution in [0, 0.1) is 0 Å². The first-order valence-electron chi connectivity index (χ1n) is 17.2. The summed E-state index contributed by atoms with van der Waals surface area (Å²) in [5.41, 5.74) is 8.68. The van der Waals surface area contributed by atoms with Crippen LogP contribution in [0.25, 0.3) is 94.3 Å². The summed E-state index contributed by atoms with van der Waals surface area (Å²) in [6.07, 6.45) is 0. The van der Waals surface area contributed by atoms with Crippen LogP contribution in [0.4, 0.5) is 0 Å². The highest BCUT2D eigenvalue weighted by Crippen LogP contribution is 2.41. The summed E-state index contributed by atoms with van der Waals surface area (Å²) in [5, 5.41) is 7.17. The summed E-state index contributed by atoms with van der Waals surface area (Å²) >= 11 is 0. The summed E-state index contributed by atoms with van der Waals surface area (Å²) in [4.78, 5) is 15.1. The zero-order chi connectivity index (χ0) is 33.7. The molecule has 0 aliphatic carbocycles. The molecule has 0 radical (unpaired) electrons. The minimum Gasteiger partial charge on any atom is -0.309 e. The van der Waals surface area contributed by atoms with Crippen LogP contribution in [-0.2, 0) is 0 Å². The number of aromatic nitrogens is 4. The maximum absolute atomic E-state index is 5.09. The van der Waals surface area contributed by atoms with Gasteiger partial charge in [0.15, 0.2) is 17.5 Å². The molecule has 2 heterocycles. The van der Waals surface area contributed by atoms with Gasteiger partial charge in [0.2, 0.25) is 0 Å². The summed E-state index contributed by atoms with van der Waals surface area (Å²) in [7, 11) is 0. The fourth-order valence-corrected chi connectivity index (χ4v) is 7.47. The van der Waals surface area contributed by atoms with Crippen molar-refractivity contribution < 1.29 is 0 Å². The number of benzene rings is 8. The molecular weight excluding hydrogens is 621 g/mol. The second kappa shape index (κ2) is 11.9. The molecule has 8 aromatic carbocycles. The topological polar surface area (TPSA) is 43.6 Å². The van der Waals surface area contributed by atoms with Crippen LogP contribution in [0.3, 0.4) is 0 Å². The maximum Gasteiger partial charge on any atom is 0.164 e. The molecule has 10 aromatic rings. The second-order valence-corrected chi connectivity index (χ2v) is 12.8. The Morgan fingerprint density at radius 2 is 0.922 bits per heavy atom. The van der Waals surface area contributed by atoms with Gasteiger partial charge in [-0.25, -0.2) is 15.0 Å². The largest absolute Gasteiger partial charge is 0.309 e. The van der Waals surface area contributed by atoms with E-state index < -0.39 is 0 Å². The van der Waals surface area contributed by atoms with Gasteiger partial charge in [-0.2, -0.15) is 0 Å². The van der Waals surface area contributed by atoms with Gasteiger partial charge in [-0.05, 0) is 45.5 Å². The Labute approximate surface area is 295 Å². The molecule has 0 unspecified atom stereocenters. The Kier molecular flexibility index (Phi) is 6.78. The minimum atomic E-state index is 0.644. The van der Waals surface area contributed by atoms with E-state index in [-0.39, 0.29) is 0 Å². The molecule has 0 saturated carbocycles. The van der Waals surface area contributed by atoms with Crippen LogP contribution in [-0.4, -0.2) is 19.5 Å². The lowest BCUT2D eigenvalue weighted by atomic mass is 10.0. The van der Waals surface area contributed by atoms with Crippen LogP contribution in [0.2, 0.25) is 0 Å². The normalized spacial score (nSPS) is 11.5. The highest BCUT2D eigenvalue weighted by Gasteiger charge is 2.19. The number of hydrogen-bond donors (Lipinski definition) is 0. The Hall–Kier alpha value is -6.91. The summed E-state index contributed by atoms with van der Waals surface area (Å²) in [6, 6.07) is 64.0. The van der Waals surface area contributed by atoms with Crippen molar-refractivity contribution in [1.82, 2.24) is 19.5 Å². The molecule has 2 aromatic heterocycles. The summed E-state index contributed by atoms with van der Waals surface area (Å²) in [6.45, 7) is 0. The molecule has 0 spiro atoms. The fourth-order valence-electron chi connectivity index (χ4n) is 7.47. The van der Waals surface area contributed by atoms with E-state index in [0.29, 0.717) is 17.5 Å². The van der Waals surface area contributed by atoms with Crippen LogP contribution >= 0.6 is 0 Å². The third-order valence-electron chi connectivity index (χ3n) is 9.84. The predicted octanol–water partition coefficient (Wildman–Crippen LogP) is 11.9. The van der Waals surface area contributed by atoms with Crippen LogP contribution in [0.15, 0.2) is 182 Å². The van der Waals surface area contributed by atoms with Crippen molar-refractivity contribution in [3.8, 4) is 51.0 Å². The van der Waals surface area contributed by atoms with Gasteiger partial charge >= 0.3 is 0 Å². The first-order chi connectivity index (χ1) is 25.3. The van der Waals surface area contributed by atoms with E-state index in [4.69, 9.17) is 15.0 Å². The molecule has 10 rings (SSSR count). The van der Waals surface area contributed by atoms with Gasteiger partial charge in [-0.1, -0.05) is 164 Å². The highest BCUT2D eigenvalue weighted by molar-refractivity contribution is 6.22. The Morgan fingerprint density at radius 1 is 0.333 bits per heavy atom. The van der Waals surface area contributed by atoms with Crippen molar-refractivity contribution in [3.05, 3.63) is 182 Å². The van der Waals surface area contributed by atoms with Crippen LogP contribution in [0.1, 0.15) is 0 Å². The third-order valence-corrected chi connectivity index (χ3v) is 9.84. The van der Waals surface area contributed by atoms with E-state index in [0.717, 1.165) is 33.2 Å². The molecule has 51 heavy (non-hydrogen) atoms. The number of fused-ring (bicyclic) bond motifs is 6. The minimum absolute atomic E-state index is 0.644. The van der Waals surface area contributed by atoms with Gasteiger partial charge in [-0.15, -0.1) is 0 Å². The molecule has 238 valence electrons. The lowest BCUT2D eigenvalue weighted by molar-refractivity contribution is 1.08. The van der Waals surface area contributed by atoms with Crippen molar-refractivity contribution in [2.45, 2.75) is 0 Å². The lowest BCUT2D eigenvalue weighted by Crippen LogP contribution is -2.01. The smallest absolute Gasteiger partial charge is 0.164 e. The molecule has 4 heteroatoms. The van der Waals surface area contributed by atoms with Crippen LogP contribution in [0.5, 0.6) is 0 Å². The number of hydrogen-bond acceptors (Lipinski definition) is 3. The Morgan fingerprint density at radius 3 is 1.65 bits per heavy atom. The van der Waals surface area contributed by atoms with Gasteiger partial charge in [0.05, 0.1) is 16.7 Å². The van der Waals surface area contributed by atoms with E-state index in [1.807, 2.05) is 60.7 Å².